The molecule has 3 nitrogen and oxygen atoms in total. The molecule has 8 heteroatoms. The number of ether oxygens (including phenoxy) is 1. The average molecular weight is 400 g/mol. The standard InChI is InChI=1S/C12H9F4IN2O/c13-11(14)5-19(6-12(15,16)20-11)7-3-8-9(17)1-2-10(8)18-4-7/h1,3-4H,2,5-6H2. The molecule has 0 atom stereocenters. The third-order valence-corrected chi connectivity index (χ3v) is 4.12. The highest BCUT2D eigenvalue weighted by atomic mass is 127. The quantitative estimate of drug-likeness (QED) is 0.534. The first kappa shape index (κ1) is 14.1. The zero-order valence-corrected chi connectivity index (χ0v) is 12.2. The van der Waals surface area contributed by atoms with Gasteiger partial charge in [0, 0.05) is 15.6 Å². The van der Waals surface area contributed by atoms with Gasteiger partial charge in [0.15, 0.2) is 0 Å². The van der Waals surface area contributed by atoms with Crippen LogP contribution in [0.2, 0.25) is 0 Å². The van der Waals surface area contributed by atoms with Crippen LogP contribution in [0.3, 0.4) is 0 Å². The zero-order valence-electron chi connectivity index (χ0n) is 10.0. The smallest absolute Gasteiger partial charge is 0.353 e. The topological polar surface area (TPSA) is 25.4 Å². The lowest BCUT2D eigenvalue weighted by Gasteiger charge is -2.38. The third-order valence-electron chi connectivity index (χ3n) is 3.10. The van der Waals surface area contributed by atoms with Gasteiger partial charge in [0.2, 0.25) is 0 Å². The second-order valence-electron chi connectivity index (χ2n) is 4.68. The van der Waals surface area contributed by atoms with Gasteiger partial charge in [-0.05, 0) is 28.7 Å². The number of alkyl halides is 4. The van der Waals surface area contributed by atoms with E-state index < -0.39 is 25.3 Å². The van der Waals surface area contributed by atoms with Gasteiger partial charge in [-0.3, -0.25) is 9.72 Å². The number of hydrogen-bond donors (Lipinski definition) is 0. The largest absolute Gasteiger partial charge is 0.377 e. The minimum Gasteiger partial charge on any atom is -0.353 e. The highest BCUT2D eigenvalue weighted by Crippen LogP contribution is 2.38. The van der Waals surface area contributed by atoms with Gasteiger partial charge >= 0.3 is 12.2 Å². The van der Waals surface area contributed by atoms with Crippen molar-refractivity contribution in [3.63, 3.8) is 0 Å². The highest BCUT2D eigenvalue weighted by Gasteiger charge is 2.51. The Labute approximate surface area is 125 Å². The van der Waals surface area contributed by atoms with Crippen LogP contribution in [0.4, 0.5) is 23.2 Å². The average Bonchev–Trinajstić information content (AvgIpc) is 2.67. The number of hydrogen-bond acceptors (Lipinski definition) is 3. The van der Waals surface area contributed by atoms with Gasteiger partial charge in [-0.25, -0.2) is 0 Å². The van der Waals surface area contributed by atoms with Gasteiger partial charge in [-0.15, -0.1) is 0 Å². The summed E-state index contributed by atoms with van der Waals surface area (Å²) in [7, 11) is 0. The van der Waals surface area contributed by atoms with Crippen LogP contribution in [0.25, 0.3) is 3.58 Å². The fourth-order valence-electron chi connectivity index (χ4n) is 2.29. The number of rotatable bonds is 1. The van der Waals surface area contributed by atoms with Crippen molar-refractivity contribution in [3.05, 3.63) is 29.6 Å². The molecule has 108 valence electrons. The lowest BCUT2D eigenvalue weighted by molar-refractivity contribution is -0.380. The van der Waals surface area contributed by atoms with E-state index >= 15 is 0 Å². The Hall–Kier alpha value is -0.900. The molecule has 0 bridgehead atoms. The van der Waals surface area contributed by atoms with E-state index in [9.17, 15) is 17.6 Å². The highest BCUT2D eigenvalue weighted by molar-refractivity contribution is 14.1. The molecule has 0 amide bonds. The second-order valence-corrected chi connectivity index (χ2v) is 5.84. The fraction of sp³-hybridized carbons (Fsp3) is 0.417. The maximum atomic E-state index is 13.2. The summed E-state index contributed by atoms with van der Waals surface area (Å²) in [6.07, 6.45) is -3.80. The number of allylic oxidation sites excluding steroid dienone is 1. The zero-order chi connectivity index (χ0) is 14.5. The predicted octanol–water partition coefficient (Wildman–Crippen LogP) is 3.44. The Bertz CT molecular complexity index is 575. The number of pyridine rings is 1. The van der Waals surface area contributed by atoms with E-state index in [4.69, 9.17) is 0 Å². The maximum absolute atomic E-state index is 13.2. The fourth-order valence-corrected chi connectivity index (χ4v) is 2.97. The van der Waals surface area contributed by atoms with E-state index in [1.54, 1.807) is 6.07 Å². The van der Waals surface area contributed by atoms with Crippen LogP contribution in [0.15, 0.2) is 18.3 Å². The summed E-state index contributed by atoms with van der Waals surface area (Å²) >= 11 is 2.11. The molecule has 0 saturated carbocycles. The van der Waals surface area contributed by atoms with Gasteiger partial charge in [0.1, 0.15) is 13.1 Å². The van der Waals surface area contributed by atoms with Gasteiger partial charge in [-0.2, -0.15) is 17.6 Å². The number of aromatic nitrogens is 1. The Kier molecular flexibility index (Phi) is 3.20. The van der Waals surface area contributed by atoms with Gasteiger partial charge in [0.05, 0.1) is 17.6 Å². The molecule has 1 saturated heterocycles. The summed E-state index contributed by atoms with van der Waals surface area (Å²) in [5, 5.41) is 0. The summed E-state index contributed by atoms with van der Waals surface area (Å²) < 4.78 is 57.3. The summed E-state index contributed by atoms with van der Waals surface area (Å²) in [4.78, 5) is 5.05. The van der Waals surface area contributed by atoms with Crippen LogP contribution >= 0.6 is 22.6 Å². The molecule has 2 heterocycles. The molecule has 0 spiro atoms. The molecular formula is C12H9F4IN2O. The first-order valence-corrected chi connectivity index (χ1v) is 6.89. The molecular weight excluding hydrogens is 391 g/mol. The first-order chi connectivity index (χ1) is 9.26. The Morgan fingerprint density at radius 2 is 1.85 bits per heavy atom. The monoisotopic (exact) mass is 400 g/mol. The van der Waals surface area contributed by atoms with E-state index in [1.807, 2.05) is 6.08 Å². The Balaban J connectivity index is 1.93. The summed E-state index contributed by atoms with van der Waals surface area (Å²) in [6, 6.07) is 1.62. The van der Waals surface area contributed by atoms with E-state index in [-0.39, 0.29) is 5.69 Å². The molecule has 0 unspecified atom stereocenters. The van der Waals surface area contributed by atoms with Gasteiger partial charge < -0.3 is 4.90 Å². The van der Waals surface area contributed by atoms with Crippen molar-refractivity contribution in [1.29, 1.82) is 0 Å². The minimum atomic E-state index is -3.89. The van der Waals surface area contributed by atoms with E-state index in [2.05, 4.69) is 32.3 Å². The number of morpholine rings is 1. The lowest BCUT2D eigenvalue weighted by atomic mass is 10.2. The Morgan fingerprint density at radius 3 is 2.50 bits per heavy atom. The molecule has 1 fully saturated rings. The summed E-state index contributed by atoms with van der Waals surface area (Å²) in [5.41, 5.74) is 1.88. The van der Waals surface area contributed by atoms with Gasteiger partial charge in [-0.1, -0.05) is 6.08 Å². The van der Waals surface area contributed by atoms with Gasteiger partial charge in [0.25, 0.3) is 0 Å². The van der Waals surface area contributed by atoms with Crippen molar-refractivity contribution >= 4 is 31.9 Å². The predicted molar refractivity (Wildman–Crippen MR) is 73.1 cm³/mol. The molecule has 0 radical (unpaired) electrons. The van der Waals surface area contributed by atoms with Crippen LogP contribution in [-0.4, -0.2) is 30.3 Å². The molecule has 1 aromatic rings. The lowest BCUT2D eigenvalue weighted by Crippen LogP contribution is -2.55. The third kappa shape index (κ3) is 2.62. The molecule has 0 aromatic carbocycles. The maximum Gasteiger partial charge on any atom is 0.377 e. The molecule has 0 N–H and O–H groups in total. The SMILES string of the molecule is FC1(F)CN(c2cnc3c(c2)C(I)=CC3)CC(F)(F)O1. The first-order valence-electron chi connectivity index (χ1n) is 5.81. The molecule has 1 aromatic heterocycles. The van der Waals surface area contributed by atoms with Crippen molar-refractivity contribution in [2.45, 2.75) is 18.6 Å². The van der Waals surface area contributed by atoms with E-state index in [1.165, 1.54) is 6.20 Å². The summed E-state index contributed by atoms with van der Waals surface area (Å²) in [6.45, 7) is -1.83. The van der Waals surface area contributed by atoms with Crippen LogP contribution in [0.1, 0.15) is 11.3 Å². The van der Waals surface area contributed by atoms with Crippen molar-refractivity contribution in [3.8, 4) is 0 Å². The van der Waals surface area contributed by atoms with Crippen molar-refractivity contribution in [1.82, 2.24) is 4.98 Å². The molecule has 3 rings (SSSR count). The number of nitrogens with zero attached hydrogens (tertiary/aromatic N) is 2. The van der Waals surface area contributed by atoms with Crippen LogP contribution < -0.4 is 4.90 Å². The molecule has 2 aliphatic rings. The van der Waals surface area contributed by atoms with Crippen LogP contribution in [0.5, 0.6) is 0 Å². The van der Waals surface area contributed by atoms with Crippen LogP contribution in [0, 0.1) is 0 Å². The summed E-state index contributed by atoms with van der Waals surface area (Å²) in [5.74, 6) is 0. The molecule has 1 aliphatic carbocycles. The van der Waals surface area contributed by atoms with Crippen molar-refractivity contribution in [2.75, 3.05) is 18.0 Å². The minimum absolute atomic E-state index is 0.246. The van der Waals surface area contributed by atoms with Crippen molar-refractivity contribution in [2.24, 2.45) is 0 Å². The number of anilines is 1. The second kappa shape index (κ2) is 4.55. The van der Waals surface area contributed by atoms with E-state index in [0.717, 1.165) is 19.7 Å². The Morgan fingerprint density at radius 1 is 1.20 bits per heavy atom. The van der Waals surface area contributed by atoms with Crippen LogP contribution in [-0.2, 0) is 11.2 Å². The molecule has 1 aliphatic heterocycles. The molecule has 20 heavy (non-hydrogen) atoms. The number of halogens is 5. The normalized spacial score (nSPS) is 23.4. The number of fused-ring (bicyclic) bond motifs is 1. The van der Waals surface area contributed by atoms with Crippen molar-refractivity contribution < 1.29 is 22.3 Å². The van der Waals surface area contributed by atoms with E-state index in [0.29, 0.717) is 6.42 Å².